The van der Waals surface area contributed by atoms with Crippen LogP contribution in [0.25, 0.3) is 10.9 Å². The van der Waals surface area contributed by atoms with Crippen molar-refractivity contribution >= 4 is 46.4 Å². The molecule has 15 heteroatoms. The van der Waals surface area contributed by atoms with Crippen molar-refractivity contribution in [1.29, 1.82) is 0 Å². The van der Waals surface area contributed by atoms with E-state index in [1.165, 1.54) is 11.3 Å². The fraction of sp³-hybridized carbons (Fsp3) is 0.698. The molecule has 0 radical (unpaired) electrons. The lowest BCUT2D eigenvalue weighted by molar-refractivity contribution is -0.139. The Balaban J connectivity index is 0.919. The van der Waals surface area contributed by atoms with E-state index in [1.807, 2.05) is 18.2 Å². The molecule has 6 fully saturated rings. The Morgan fingerprint density at radius 1 is 0.966 bits per heavy atom. The van der Waals surface area contributed by atoms with Gasteiger partial charge in [0.05, 0.1) is 31.2 Å². The van der Waals surface area contributed by atoms with E-state index in [9.17, 15) is 24.3 Å². The van der Waals surface area contributed by atoms with Crippen LogP contribution in [0.4, 0.5) is 4.79 Å². The number of hydrogen-bond donors (Lipinski definition) is 3. The van der Waals surface area contributed by atoms with Crippen LogP contribution in [0.15, 0.2) is 18.2 Å². The first-order chi connectivity index (χ1) is 28.1. The predicted molar refractivity (Wildman–Crippen MR) is 215 cm³/mol. The molecular formula is C43H58ClN5O9. The number of amides is 3. The van der Waals surface area contributed by atoms with Gasteiger partial charge in [-0.05, 0) is 81.3 Å². The number of benzene rings is 1. The Bertz CT molecular complexity index is 1830. The highest BCUT2D eigenvalue weighted by Crippen LogP contribution is 2.52. The van der Waals surface area contributed by atoms with Gasteiger partial charge >= 0.3 is 12.1 Å². The Hall–Kier alpha value is -3.88. The smallest absolute Gasteiger partial charge is 0.408 e. The molecule has 4 N–H and O–H groups in total. The number of primary amides is 1. The molecule has 14 nitrogen and oxygen atoms in total. The van der Waals surface area contributed by atoms with E-state index in [2.05, 4.69) is 10.2 Å². The van der Waals surface area contributed by atoms with E-state index in [4.69, 9.17) is 41.3 Å². The number of fused-ring (bicyclic) bond motifs is 2. The number of halogens is 1. The van der Waals surface area contributed by atoms with Crippen molar-refractivity contribution in [2.24, 2.45) is 29.4 Å². The first-order valence-corrected chi connectivity index (χ1v) is 22.0. The summed E-state index contributed by atoms with van der Waals surface area (Å²) in [5.41, 5.74) is 7.40. The van der Waals surface area contributed by atoms with Crippen LogP contribution in [0, 0.1) is 23.7 Å². The third-order valence-corrected chi connectivity index (χ3v) is 13.5. The van der Waals surface area contributed by atoms with Crippen LogP contribution in [0.5, 0.6) is 11.5 Å². The maximum Gasteiger partial charge on any atom is 0.408 e. The van der Waals surface area contributed by atoms with E-state index < -0.39 is 36.2 Å². The van der Waals surface area contributed by atoms with E-state index in [0.717, 1.165) is 103 Å². The largest absolute Gasteiger partial charge is 0.491 e. The van der Waals surface area contributed by atoms with Gasteiger partial charge in [-0.15, -0.1) is 0 Å². The molecule has 0 spiro atoms. The number of rotatable bonds is 20. The van der Waals surface area contributed by atoms with Crippen LogP contribution in [-0.4, -0.2) is 114 Å². The van der Waals surface area contributed by atoms with Crippen molar-refractivity contribution in [3.8, 4) is 11.5 Å². The molecule has 8 rings (SSSR count). The number of aromatic nitrogens is 1. The molecule has 8 atom stereocenters. The number of carbonyl (C=O) groups excluding carboxylic acids is 3. The minimum atomic E-state index is -0.914. The molecule has 2 aromatic rings. The summed E-state index contributed by atoms with van der Waals surface area (Å²) in [5, 5.41) is 13.2. The van der Waals surface area contributed by atoms with Gasteiger partial charge in [-0.1, -0.05) is 43.7 Å². The lowest BCUT2D eigenvalue weighted by atomic mass is 10.0. The molecule has 1 aromatic carbocycles. The van der Waals surface area contributed by atoms with Crippen molar-refractivity contribution < 1.29 is 43.2 Å². The second kappa shape index (κ2) is 18.2. The normalized spacial score (nSPS) is 28.2. The number of carbonyl (C=O) groups is 4. The van der Waals surface area contributed by atoms with Gasteiger partial charge in [0.15, 0.2) is 0 Å². The minimum Gasteiger partial charge on any atom is -0.491 e. The molecule has 0 bridgehead atoms. The molecule has 2 saturated heterocycles. The van der Waals surface area contributed by atoms with Crippen LogP contribution >= 0.6 is 11.6 Å². The molecule has 58 heavy (non-hydrogen) atoms. The van der Waals surface area contributed by atoms with Gasteiger partial charge in [0, 0.05) is 49.1 Å². The lowest BCUT2D eigenvalue weighted by Crippen LogP contribution is -2.53. The van der Waals surface area contributed by atoms with Gasteiger partial charge < -0.3 is 40.0 Å². The number of pyridine rings is 1. The highest BCUT2D eigenvalue weighted by atomic mass is 35.5. The number of aliphatic carboxylic acids is 1. The number of ether oxygens (including phenoxy) is 4. The second-order valence-electron chi connectivity index (χ2n) is 17.5. The van der Waals surface area contributed by atoms with Crippen LogP contribution in [0.1, 0.15) is 102 Å². The highest BCUT2D eigenvalue weighted by Gasteiger charge is 2.48. The Morgan fingerprint density at radius 3 is 2.45 bits per heavy atom. The van der Waals surface area contributed by atoms with Crippen LogP contribution in [0.2, 0.25) is 5.02 Å². The fourth-order valence-electron chi connectivity index (χ4n) is 9.41. The number of carboxylic acids is 1. The van der Waals surface area contributed by atoms with Gasteiger partial charge in [0.1, 0.15) is 47.4 Å². The number of morpholine rings is 1. The molecular weight excluding hydrogens is 766 g/mol. The molecule has 4 aliphatic carbocycles. The van der Waals surface area contributed by atoms with Gasteiger partial charge in [-0.25, -0.2) is 4.79 Å². The van der Waals surface area contributed by atoms with E-state index in [0.29, 0.717) is 70.5 Å². The number of nitrogens with zero attached hydrogens (tertiary/aromatic N) is 3. The average Bonchev–Trinajstić information content (AvgIpc) is 4.16. The topological polar surface area (TPSA) is 183 Å². The van der Waals surface area contributed by atoms with Gasteiger partial charge in [-0.3, -0.25) is 24.3 Å². The first kappa shape index (κ1) is 40.9. The number of alkyl carbamates (subject to hydrolysis) is 1. The monoisotopic (exact) mass is 823 g/mol. The summed E-state index contributed by atoms with van der Waals surface area (Å²) in [4.78, 5) is 60.3. The van der Waals surface area contributed by atoms with Crippen molar-refractivity contribution in [3.05, 3.63) is 28.9 Å². The third kappa shape index (κ3) is 10.1. The molecule has 6 aliphatic rings. The number of nitrogens with two attached hydrogens (primary N) is 1. The van der Waals surface area contributed by atoms with E-state index in [-0.39, 0.29) is 30.9 Å². The maximum absolute atomic E-state index is 14.4. The molecule has 2 aliphatic heterocycles. The quantitative estimate of drug-likeness (QED) is 0.140. The summed E-state index contributed by atoms with van der Waals surface area (Å²) in [6, 6.07) is 3.86. The number of likely N-dealkylation sites (tertiary alicyclic amines) is 1. The summed E-state index contributed by atoms with van der Waals surface area (Å²) in [7, 11) is 0. The third-order valence-electron chi connectivity index (χ3n) is 13.2. The first-order valence-electron chi connectivity index (χ1n) is 21.6. The zero-order chi connectivity index (χ0) is 40.3. The van der Waals surface area contributed by atoms with Gasteiger partial charge in [-0.2, -0.15) is 0 Å². The van der Waals surface area contributed by atoms with Gasteiger partial charge in [0.25, 0.3) is 0 Å². The number of unbranched alkanes of at least 4 members (excludes halogenated alkanes) is 4. The Kier molecular flexibility index (Phi) is 12.8. The lowest BCUT2D eigenvalue weighted by Gasteiger charge is -2.28. The van der Waals surface area contributed by atoms with Crippen molar-refractivity contribution in [2.45, 2.75) is 120 Å². The molecule has 316 valence electrons. The molecule has 4 saturated carbocycles. The summed E-state index contributed by atoms with van der Waals surface area (Å²) in [6.07, 6.45) is 10.4. The Morgan fingerprint density at radius 2 is 1.72 bits per heavy atom. The second-order valence-corrected chi connectivity index (χ2v) is 17.9. The standard InChI is InChI=1S/C43H58ClN5O9/c44-38-36(56-17-14-48-12-15-55-16-13-48)11-10-31-37(23-34(25-8-9-25)46-39(31)38)57-30-22-35(40(45)50)49(24-30)41(51)33(47-43(54)58-29-19-27-18-28(27)20-29)7-5-3-1-2-4-6-26-21-32(26)42(52)53/h10-11,23,25-30,32-33,35H,1-9,12-22,24H2,(H2,45,50)(H,47,54)(H,52,53)/t26-,27-,28+,29+,30-,32+,33+,35+/m1/s1. The van der Waals surface area contributed by atoms with Crippen molar-refractivity contribution in [1.82, 2.24) is 20.1 Å². The minimum absolute atomic E-state index is 0.114. The SMILES string of the molecule is NC(=O)[C@@H]1C[C@@H](Oc2cc(C3CC3)nc3c(Cl)c(OCCN4CCOCC4)ccc23)CN1C(=O)[C@H](CCCCCCC[C@@H]1C[C@@H]1C(=O)O)NC(=O)O[C@@H]1C[C@@H]2C[C@@H]2C1. The zero-order valence-corrected chi connectivity index (χ0v) is 34.0. The maximum atomic E-state index is 14.4. The predicted octanol–water partition coefficient (Wildman–Crippen LogP) is 5.65. The van der Waals surface area contributed by atoms with Crippen LogP contribution in [0.3, 0.4) is 0 Å². The molecule has 3 amide bonds. The summed E-state index contributed by atoms with van der Waals surface area (Å²) < 4.78 is 24.0. The molecule has 0 unspecified atom stereocenters. The number of carboxylic acid groups (broad SMARTS) is 1. The Labute approximate surface area is 344 Å². The number of hydrogen-bond acceptors (Lipinski definition) is 10. The highest BCUT2D eigenvalue weighted by molar-refractivity contribution is 6.36. The number of nitrogens with one attached hydrogen (secondary N) is 1. The van der Waals surface area contributed by atoms with Crippen molar-refractivity contribution in [3.63, 3.8) is 0 Å². The van der Waals surface area contributed by atoms with E-state index >= 15 is 0 Å². The summed E-state index contributed by atoms with van der Waals surface area (Å²) in [5.74, 6) is 1.11. The summed E-state index contributed by atoms with van der Waals surface area (Å²) in [6.45, 7) is 4.52. The van der Waals surface area contributed by atoms with E-state index in [1.54, 1.807) is 0 Å². The average molecular weight is 824 g/mol. The van der Waals surface area contributed by atoms with Crippen LogP contribution in [-0.2, 0) is 23.9 Å². The molecule has 1 aromatic heterocycles. The summed E-state index contributed by atoms with van der Waals surface area (Å²) >= 11 is 6.97. The zero-order valence-electron chi connectivity index (χ0n) is 33.3. The fourth-order valence-corrected chi connectivity index (χ4v) is 9.67. The van der Waals surface area contributed by atoms with Crippen LogP contribution < -0.4 is 20.5 Å². The van der Waals surface area contributed by atoms with Gasteiger partial charge in [0.2, 0.25) is 11.8 Å². The molecule has 3 heterocycles. The van der Waals surface area contributed by atoms with Crippen molar-refractivity contribution in [2.75, 3.05) is 46.0 Å².